The van der Waals surface area contributed by atoms with Gasteiger partial charge in [-0.1, -0.05) is 0 Å². The first-order valence-corrected chi connectivity index (χ1v) is 7.02. The van der Waals surface area contributed by atoms with Gasteiger partial charge in [-0.05, 0) is 6.92 Å². The second-order valence-corrected chi connectivity index (χ2v) is 5.36. The van der Waals surface area contributed by atoms with Crippen LogP contribution in [0.5, 0.6) is 0 Å². The predicted molar refractivity (Wildman–Crippen MR) is 70.4 cm³/mol. The molecule has 3 rings (SSSR count). The van der Waals surface area contributed by atoms with Crippen LogP contribution in [-0.4, -0.2) is 59.1 Å². The molecule has 0 saturated carbocycles. The quantitative estimate of drug-likeness (QED) is 0.833. The number of amides is 1. The summed E-state index contributed by atoms with van der Waals surface area (Å²) < 4.78 is 1.46. The van der Waals surface area contributed by atoms with Crippen molar-refractivity contribution >= 4 is 29.4 Å². The van der Waals surface area contributed by atoms with Crippen molar-refractivity contribution in [1.29, 1.82) is 0 Å². The Balaban J connectivity index is 2.00. The standard InChI is InChI=1S/C11H11N5O3S/c1-6-7(2-12-11-13-4-14-16(6)11)9(17)15-5-20-3-8(15)10(18)19/h2,4,8H,3,5H2,1H3,(H,18,19)/t8-/m0/s1. The minimum absolute atomic E-state index is 0.343. The van der Waals surface area contributed by atoms with Crippen molar-refractivity contribution in [1.82, 2.24) is 24.5 Å². The molecule has 1 fully saturated rings. The highest BCUT2D eigenvalue weighted by Crippen LogP contribution is 2.24. The van der Waals surface area contributed by atoms with Crippen LogP contribution < -0.4 is 0 Å². The summed E-state index contributed by atoms with van der Waals surface area (Å²) in [5.74, 6) is -0.158. The van der Waals surface area contributed by atoms with Gasteiger partial charge in [0.05, 0.1) is 17.1 Å². The number of hydrogen-bond donors (Lipinski definition) is 1. The molecule has 0 unspecified atom stereocenters. The lowest BCUT2D eigenvalue weighted by Crippen LogP contribution is -2.42. The molecule has 20 heavy (non-hydrogen) atoms. The van der Waals surface area contributed by atoms with E-state index in [9.17, 15) is 9.59 Å². The van der Waals surface area contributed by atoms with Crippen LogP contribution in [0.1, 0.15) is 16.1 Å². The Bertz CT molecular complexity index is 700. The maximum atomic E-state index is 12.5. The molecule has 1 amide bonds. The summed E-state index contributed by atoms with van der Waals surface area (Å²) in [6.07, 6.45) is 2.78. The molecule has 1 aliphatic heterocycles. The topological polar surface area (TPSA) is 101 Å². The van der Waals surface area contributed by atoms with Crippen molar-refractivity contribution in [3.05, 3.63) is 23.8 Å². The molecule has 1 atom stereocenters. The van der Waals surface area contributed by atoms with Crippen molar-refractivity contribution in [2.45, 2.75) is 13.0 Å². The number of thioether (sulfide) groups is 1. The molecule has 0 aliphatic carbocycles. The molecular weight excluding hydrogens is 282 g/mol. The molecule has 0 spiro atoms. The molecule has 1 N–H and O–H groups in total. The number of carboxylic acid groups (broad SMARTS) is 1. The highest BCUT2D eigenvalue weighted by molar-refractivity contribution is 7.99. The molecule has 0 aromatic carbocycles. The van der Waals surface area contributed by atoms with Crippen LogP contribution in [0.4, 0.5) is 0 Å². The maximum Gasteiger partial charge on any atom is 0.327 e. The number of nitrogens with zero attached hydrogens (tertiary/aromatic N) is 5. The minimum atomic E-state index is -0.990. The zero-order valence-corrected chi connectivity index (χ0v) is 11.4. The van der Waals surface area contributed by atoms with Gasteiger partial charge in [-0.25, -0.2) is 14.3 Å². The number of aliphatic carboxylic acids is 1. The number of fused-ring (bicyclic) bond motifs is 1. The molecule has 3 heterocycles. The molecule has 1 aliphatic rings. The molecular formula is C11H11N5O3S. The van der Waals surface area contributed by atoms with Gasteiger partial charge < -0.3 is 10.0 Å². The summed E-state index contributed by atoms with van der Waals surface area (Å²) in [5, 5.41) is 13.1. The summed E-state index contributed by atoms with van der Waals surface area (Å²) in [7, 11) is 0. The number of aryl methyl sites for hydroxylation is 1. The monoisotopic (exact) mass is 293 g/mol. The average molecular weight is 293 g/mol. The third-order valence-electron chi connectivity index (χ3n) is 3.21. The SMILES string of the molecule is Cc1c(C(=O)N2CSC[C@H]2C(=O)O)cnc2ncnn12. The first-order chi connectivity index (χ1) is 9.59. The molecule has 8 nitrogen and oxygen atoms in total. The second-order valence-electron chi connectivity index (χ2n) is 4.36. The van der Waals surface area contributed by atoms with Crippen molar-refractivity contribution in [2.24, 2.45) is 0 Å². The third kappa shape index (κ3) is 1.90. The zero-order chi connectivity index (χ0) is 14.3. The van der Waals surface area contributed by atoms with Crippen LogP contribution in [0.15, 0.2) is 12.5 Å². The van der Waals surface area contributed by atoms with Crippen LogP contribution in [0.3, 0.4) is 0 Å². The fraction of sp³-hybridized carbons (Fsp3) is 0.364. The van der Waals surface area contributed by atoms with Crippen molar-refractivity contribution in [2.75, 3.05) is 11.6 Å². The van der Waals surface area contributed by atoms with E-state index in [1.807, 2.05) is 0 Å². The highest BCUT2D eigenvalue weighted by atomic mass is 32.2. The van der Waals surface area contributed by atoms with E-state index in [1.54, 1.807) is 6.92 Å². The number of carbonyl (C=O) groups is 2. The lowest BCUT2D eigenvalue weighted by Gasteiger charge is -2.21. The Morgan fingerprint density at radius 3 is 3.00 bits per heavy atom. The van der Waals surface area contributed by atoms with Gasteiger partial charge in [-0.3, -0.25) is 4.79 Å². The van der Waals surface area contributed by atoms with Crippen LogP contribution in [0.2, 0.25) is 0 Å². The highest BCUT2D eigenvalue weighted by Gasteiger charge is 2.35. The Morgan fingerprint density at radius 2 is 2.25 bits per heavy atom. The van der Waals surface area contributed by atoms with Gasteiger partial charge >= 0.3 is 5.97 Å². The Hall–Kier alpha value is -2.16. The summed E-state index contributed by atoms with van der Waals surface area (Å²) in [6, 6.07) is -0.793. The molecule has 2 aromatic rings. The van der Waals surface area contributed by atoms with E-state index in [0.717, 1.165) is 0 Å². The van der Waals surface area contributed by atoms with Crippen molar-refractivity contribution < 1.29 is 14.7 Å². The predicted octanol–water partition coefficient (Wildman–Crippen LogP) is 0.0324. The third-order valence-corrected chi connectivity index (χ3v) is 4.22. The van der Waals surface area contributed by atoms with E-state index < -0.39 is 12.0 Å². The Morgan fingerprint density at radius 1 is 1.45 bits per heavy atom. The van der Waals surface area contributed by atoms with Crippen molar-refractivity contribution in [3.8, 4) is 0 Å². The second kappa shape index (κ2) is 4.75. The van der Waals surface area contributed by atoms with E-state index in [-0.39, 0.29) is 5.91 Å². The first kappa shape index (κ1) is 12.9. The van der Waals surface area contributed by atoms with Gasteiger partial charge in [0.15, 0.2) is 0 Å². The van der Waals surface area contributed by atoms with E-state index >= 15 is 0 Å². The average Bonchev–Trinajstić information content (AvgIpc) is 3.07. The molecule has 0 radical (unpaired) electrons. The molecule has 104 valence electrons. The van der Waals surface area contributed by atoms with Crippen molar-refractivity contribution in [3.63, 3.8) is 0 Å². The number of carbonyl (C=O) groups excluding carboxylic acids is 1. The summed E-state index contributed by atoms with van der Waals surface area (Å²) in [6.45, 7) is 1.73. The zero-order valence-electron chi connectivity index (χ0n) is 10.6. The number of rotatable bonds is 2. The van der Waals surface area contributed by atoms with Gasteiger partial charge in [-0.15, -0.1) is 11.8 Å². The van der Waals surface area contributed by atoms with Crippen LogP contribution in [0, 0.1) is 6.92 Å². The Kier molecular flexibility index (Phi) is 3.05. The van der Waals surface area contributed by atoms with Gasteiger partial charge in [0.1, 0.15) is 12.4 Å². The molecule has 9 heteroatoms. The van der Waals surface area contributed by atoms with Gasteiger partial charge in [0.25, 0.3) is 11.7 Å². The van der Waals surface area contributed by atoms with E-state index in [4.69, 9.17) is 5.11 Å². The number of carboxylic acids is 1. The number of aromatic nitrogens is 4. The van der Waals surface area contributed by atoms with E-state index in [2.05, 4.69) is 15.1 Å². The summed E-state index contributed by atoms with van der Waals surface area (Å²) in [5.41, 5.74) is 0.940. The van der Waals surface area contributed by atoms with Gasteiger partial charge in [-0.2, -0.15) is 10.1 Å². The Labute approximate surface area is 117 Å². The van der Waals surface area contributed by atoms with Crippen LogP contribution in [0.25, 0.3) is 5.78 Å². The molecule has 2 aromatic heterocycles. The van der Waals surface area contributed by atoms with Crippen LogP contribution >= 0.6 is 11.8 Å². The summed E-state index contributed by atoms with van der Waals surface area (Å²) in [4.78, 5) is 33.0. The maximum absolute atomic E-state index is 12.5. The lowest BCUT2D eigenvalue weighted by atomic mass is 10.2. The van der Waals surface area contributed by atoms with Gasteiger partial charge in [0, 0.05) is 11.9 Å². The fourth-order valence-electron chi connectivity index (χ4n) is 2.10. The fourth-order valence-corrected chi connectivity index (χ4v) is 3.25. The smallest absolute Gasteiger partial charge is 0.327 e. The first-order valence-electron chi connectivity index (χ1n) is 5.86. The van der Waals surface area contributed by atoms with Gasteiger partial charge in [0.2, 0.25) is 0 Å². The summed E-state index contributed by atoms with van der Waals surface area (Å²) >= 11 is 1.42. The lowest BCUT2D eigenvalue weighted by molar-refractivity contribution is -0.140. The normalized spacial score (nSPS) is 18.6. The molecule has 0 bridgehead atoms. The minimum Gasteiger partial charge on any atom is -0.480 e. The van der Waals surface area contributed by atoms with Crippen LogP contribution in [-0.2, 0) is 4.79 Å². The van der Waals surface area contributed by atoms with E-state index in [1.165, 1.54) is 33.7 Å². The van der Waals surface area contributed by atoms with E-state index in [0.29, 0.717) is 28.7 Å². The largest absolute Gasteiger partial charge is 0.480 e. The number of hydrogen-bond acceptors (Lipinski definition) is 6. The molecule has 1 saturated heterocycles.